The number of aryl methyl sites for hydroxylation is 2. The van der Waals surface area contributed by atoms with Gasteiger partial charge in [0.15, 0.2) is 5.16 Å². The Morgan fingerprint density at radius 2 is 1.96 bits per heavy atom. The summed E-state index contributed by atoms with van der Waals surface area (Å²) in [5.74, 6) is -0.189. The lowest BCUT2D eigenvalue weighted by molar-refractivity contribution is -0.113. The molecule has 1 aromatic heterocycles. The summed E-state index contributed by atoms with van der Waals surface area (Å²) in [4.78, 5) is 28.9. The van der Waals surface area contributed by atoms with Gasteiger partial charge in [0.2, 0.25) is 5.91 Å². The summed E-state index contributed by atoms with van der Waals surface area (Å²) < 4.78 is 7.09. The average Bonchev–Trinajstić information content (AvgIpc) is 3.05. The Morgan fingerprint density at radius 1 is 1.18 bits per heavy atom. The molecule has 1 heterocycles. The largest absolute Gasteiger partial charge is 0.462 e. The van der Waals surface area contributed by atoms with Crippen LogP contribution in [0.1, 0.15) is 29.8 Å². The maximum Gasteiger partial charge on any atom is 0.338 e. The number of ether oxygens (including phenoxy) is 1. The summed E-state index contributed by atoms with van der Waals surface area (Å²) in [6.45, 7) is 6.81. The van der Waals surface area contributed by atoms with Gasteiger partial charge in [-0.05, 0) is 50.6 Å². The van der Waals surface area contributed by atoms with E-state index in [0.717, 1.165) is 28.5 Å². The highest BCUT2D eigenvalue weighted by molar-refractivity contribution is 7.99. The first-order valence-electron chi connectivity index (χ1n) is 9.19. The van der Waals surface area contributed by atoms with Crippen LogP contribution in [-0.4, -0.2) is 33.8 Å². The summed E-state index contributed by atoms with van der Waals surface area (Å²) in [6.07, 6.45) is 0. The molecule has 0 spiro atoms. The van der Waals surface area contributed by atoms with E-state index in [4.69, 9.17) is 4.74 Å². The molecule has 1 amide bonds. The molecule has 0 saturated carbocycles. The number of esters is 1. The van der Waals surface area contributed by atoms with E-state index in [1.165, 1.54) is 11.8 Å². The van der Waals surface area contributed by atoms with Gasteiger partial charge in [-0.1, -0.05) is 30.0 Å². The van der Waals surface area contributed by atoms with E-state index < -0.39 is 0 Å². The van der Waals surface area contributed by atoms with Gasteiger partial charge in [0.05, 0.1) is 29.0 Å². The Hall–Kier alpha value is -2.80. The van der Waals surface area contributed by atoms with E-state index in [0.29, 0.717) is 17.7 Å². The lowest BCUT2D eigenvalue weighted by Gasteiger charge is -2.08. The normalized spacial score (nSPS) is 10.8. The minimum absolute atomic E-state index is 0.0822. The minimum Gasteiger partial charge on any atom is -0.462 e. The van der Waals surface area contributed by atoms with Crippen molar-refractivity contribution in [2.24, 2.45) is 0 Å². The molecule has 0 aliphatic heterocycles. The summed E-state index contributed by atoms with van der Waals surface area (Å²) in [5, 5.41) is 3.68. The molecule has 0 atom stereocenters. The number of aromatic nitrogens is 2. The topological polar surface area (TPSA) is 73.2 Å². The molecule has 2 aromatic carbocycles. The number of anilines is 1. The quantitative estimate of drug-likeness (QED) is 0.476. The lowest BCUT2D eigenvalue weighted by Crippen LogP contribution is -2.15. The number of rotatable bonds is 7. The third-order valence-corrected chi connectivity index (χ3v) is 5.27. The monoisotopic (exact) mass is 397 g/mol. The van der Waals surface area contributed by atoms with Crippen molar-refractivity contribution >= 4 is 40.4 Å². The number of hydrogen-bond donors (Lipinski definition) is 1. The zero-order chi connectivity index (χ0) is 20.1. The summed E-state index contributed by atoms with van der Waals surface area (Å²) >= 11 is 1.38. The third kappa shape index (κ3) is 4.36. The van der Waals surface area contributed by atoms with Crippen molar-refractivity contribution in [3.05, 3.63) is 53.6 Å². The Morgan fingerprint density at radius 3 is 2.68 bits per heavy atom. The highest BCUT2D eigenvalue weighted by Crippen LogP contribution is 2.25. The van der Waals surface area contributed by atoms with Crippen LogP contribution in [-0.2, 0) is 16.1 Å². The Kier molecular flexibility index (Phi) is 6.36. The van der Waals surface area contributed by atoms with E-state index in [1.807, 2.05) is 48.7 Å². The number of thioether (sulfide) groups is 1. The molecule has 0 unspecified atom stereocenters. The Balaban J connectivity index is 1.76. The smallest absolute Gasteiger partial charge is 0.338 e. The SMILES string of the molecule is CCOC(=O)c1ccc2c(c1)nc(SCC(=O)Nc1ccccc1C)n2CC. The fraction of sp³-hybridized carbons (Fsp3) is 0.286. The molecule has 3 rings (SSSR count). The van der Waals surface area contributed by atoms with Gasteiger partial charge >= 0.3 is 5.97 Å². The standard InChI is InChI=1S/C21H23N3O3S/c1-4-24-18-11-10-15(20(26)27-5-2)12-17(18)23-21(24)28-13-19(25)22-16-9-7-6-8-14(16)3/h6-12H,4-5,13H2,1-3H3,(H,22,25). The number of nitrogens with zero attached hydrogens (tertiary/aromatic N) is 2. The zero-order valence-corrected chi connectivity index (χ0v) is 17.0. The van der Waals surface area contributed by atoms with E-state index in [1.54, 1.807) is 19.1 Å². The van der Waals surface area contributed by atoms with Crippen LogP contribution in [0.4, 0.5) is 5.69 Å². The number of nitrogens with one attached hydrogen (secondary N) is 1. The van der Waals surface area contributed by atoms with Crippen LogP contribution < -0.4 is 5.32 Å². The number of fused-ring (bicyclic) bond motifs is 1. The lowest BCUT2D eigenvalue weighted by atomic mass is 10.2. The van der Waals surface area contributed by atoms with Gasteiger partial charge in [-0.2, -0.15) is 0 Å². The van der Waals surface area contributed by atoms with Crippen molar-refractivity contribution in [2.75, 3.05) is 17.7 Å². The summed E-state index contributed by atoms with van der Waals surface area (Å²) in [5.41, 5.74) is 3.96. The second-order valence-corrected chi connectivity index (χ2v) is 7.16. The highest BCUT2D eigenvalue weighted by Gasteiger charge is 2.15. The van der Waals surface area contributed by atoms with E-state index >= 15 is 0 Å². The van der Waals surface area contributed by atoms with Gasteiger partial charge in [0, 0.05) is 12.2 Å². The number of para-hydroxylation sites is 1. The van der Waals surface area contributed by atoms with E-state index in [2.05, 4.69) is 10.3 Å². The van der Waals surface area contributed by atoms with Crippen LogP contribution in [0.5, 0.6) is 0 Å². The highest BCUT2D eigenvalue weighted by atomic mass is 32.2. The van der Waals surface area contributed by atoms with Crippen LogP contribution in [0, 0.1) is 6.92 Å². The number of carbonyl (C=O) groups is 2. The summed E-state index contributed by atoms with van der Waals surface area (Å²) in [7, 11) is 0. The van der Waals surface area contributed by atoms with Crippen molar-refractivity contribution in [2.45, 2.75) is 32.5 Å². The Bertz CT molecular complexity index is 1010. The van der Waals surface area contributed by atoms with Crippen LogP contribution >= 0.6 is 11.8 Å². The molecule has 7 heteroatoms. The molecule has 0 bridgehead atoms. The number of carbonyl (C=O) groups excluding carboxylic acids is 2. The van der Waals surface area contributed by atoms with Crippen LogP contribution in [0.2, 0.25) is 0 Å². The van der Waals surface area contributed by atoms with Crippen molar-refractivity contribution < 1.29 is 14.3 Å². The van der Waals surface area contributed by atoms with Gasteiger partial charge in [-0.3, -0.25) is 4.79 Å². The van der Waals surface area contributed by atoms with Gasteiger partial charge in [-0.25, -0.2) is 9.78 Å². The second kappa shape index (κ2) is 8.93. The molecular weight excluding hydrogens is 374 g/mol. The number of hydrogen-bond acceptors (Lipinski definition) is 5. The van der Waals surface area contributed by atoms with Crippen molar-refractivity contribution in [3.8, 4) is 0 Å². The van der Waals surface area contributed by atoms with Gasteiger partial charge in [0.1, 0.15) is 0 Å². The maximum absolute atomic E-state index is 12.3. The molecule has 1 N–H and O–H groups in total. The van der Waals surface area contributed by atoms with Gasteiger partial charge < -0.3 is 14.6 Å². The molecule has 0 radical (unpaired) electrons. The molecule has 0 saturated heterocycles. The summed E-state index contributed by atoms with van der Waals surface area (Å²) in [6, 6.07) is 13.0. The molecule has 0 aliphatic rings. The predicted octanol–water partition coefficient (Wildman–Crippen LogP) is 4.27. The molecule has 3 aromatic rings. The number of benzene rings is 2. The van der Waals surface area contributed by atoms with E-state index in [9.17, 15) is 9.59 Å². The van der Waals surface area contributed by atoms with Gasteiger partial charge in [0.25, 0.3) is 0 Å². The fourth-order valence-electron chi connectivity index (χ4n) is 2.89. The van der Waals surface area contributed by atoms with Crippen LogP contribution in [0.25, 0.3) is 11.0 Å². The van der Waals surface area contributed by atoms with Crippen molar-refractivity contribution in [3.63, 3.8) is 0 Å². The molecule has 28 heavy (non-hydrogen) atoms. The molecule has 0 aliphatic carbocycles. The first-order valence-corrected chi connectivity index (χ1v) is 10.2. The average molecular weight is 398 g/mol. The fourth-order valence-corrected chi connectivity index (χ4v) is 3.77. The third-order valence-electron chi connectivity index (χ3n) is 4.29. The first-order chi connectivity index (χ1) is 13.5. The van der Waals surface area contributed by atoms with Crippen LogP contribution in [0.3, 0.4) is 0 Å². The van der Waals surface area contributed by atoms with Gasteiger partial charge in [-0.15, -0.1) is 0 Å². The zero-order valence-electron chi connectivity index (χ0n) is 16.2. The first kappa shape index (κ1) is 19.9. The van der Waals surface area contributed by atoms with Crippen molar-refractivity contribution in [1.82, 2.24) is 9.55 Å². The second-order valence-electron chi connectivity index (χ2n) is 6.21. The Labute approximate surface area is 168 Å². The minimum atomic E-state index is -0.359. The van der Waals surface area contributed by atoms with Crippen molar-refractivity contribution in [1.29, 1.82) is 0 Å². The van der Waals surface area contributed by atoms with Crippen LogP contribution in [0.15, 0.2) is 47.6 Å². The molecule has 0 fully saturated rings. The maximum atomic E-state index is 12.3. The van der Waals surface area contributed by atoms with E-state index in [-0.39, 0.29) is 17.6 Å². The number of imidazole rings is 1. The predicted molar refractivity (Wildman–Crippen MR) is 112 cm³/mol. The molecule has 146 valence electrons. The number of amides is 1. The molecule has 6 nitrogen and oxygen atoms in total. The molecular formula is C21H23N3O3S.